The predicted octanol–water partition coefficient (Wildman–Crippen LogP) is 1.57. The quantitative estimate of drug-likeness (QED) is 0.601. The fourth-order valence-electron chi connectivity index (χ4n) is 1.27. The molecule has 0 aliphatic heterocycles. The number of nitrogens with one attached hydrogen (secondary N) is 1. The van der Waals surface area contributed by atoms with Crippen molar-refractivity contribution >= 4 is 11.5 Å². The molecule has 2 rings (SSSR count). The lowest BCUT2D eigenvalue weighted by atomic mass is 10.3. The van der Waals surface area contributed by atoms with Gasteiger partial charge in [-0.15, -0.1) is 0 Å². The lowest BCUT2D eigenvalue weighted by Crippen LogP contribution is -2.04. The van der Waals surface area contributed by atoms with Gasteiger partial charge in [-0.25, -0.2) is 0 Å². The minimum Gasteiger partial charge on any atom is -0.488 e. The molecule has 1 aliphatic rings. The van der Waals surface area contributed by atoms with E-state index in [1.54, 1.807) is 13.1 Å². The number of rotatable bonds is 4. The minimum absolute atomic E-state index is 0.198. The molecule has 1 aromatic heterocycles. The van der Waals surface area contributed by atoms with Gasteiger partial charge in [-0.3, -0.25) is 0 Å². The maximum Gasteiger partial charge on any atom is 0.390 e. The van der Waals surface area contributed by atoms with Gasteiger partial charge in [0.1, 0.15) is 6.20 Å². The summed E-state index contributed by atoms with van der Waals surface area (Å²) in [5.74, 6) is 0.303. The Morgan fingerprint density at radius 1 is 1.67 bits per heavy atom. The second kappa shape index (κ2) is 3.72. The van der Waals surface area contributed by atoms with Crippen molar-refractivity contribution in [1.29, 1.82) is 0 Å². The summed E-state index contributed by atoms with van der Waals surface area (Å²) < 4.78 is 5.53. The summed E-state index contributed by atoms with van der Waals surface area (Å²) in [7, 11) is 1.61. The Hall–Kier alpha value is -1.85. The topological polar surface area (TPSA) is 77.3 Å². The van der Waals surface area contributed by atoms with E-state index in [1.165, 1.54) is 6.20 Å². The first-order valence-electron chi connectivity index (χ1n) is 4.70. The summed E-state index contributed by atoms with van der Waals surface area (Å²) in [6.07, 6.45) is 3.62. The number of nitro groups is 1. The highest BCUT2D eigenvalue weighted by Crippen LogP contribution is 2.35. The van der Waals surface area contributed by atoms with E-state index >= 15 is 0 Å². The van der Waals surface area contributed by atoms with Crippen LogP contribution in [0.1, 0.15) is 12.8 Å². The van der Waals surface area contributed by atoms with Crippen molar-refractivity contribution in [3.8, 4) is 5.75 Å². The van der Waals surface area contributed by atoms with Crippen LogP contribution >= 0.6 is 0 Å². The Labute approximate surface area is 86.4 Å². The maximum absolute atomic E-state index is 10.7. The van der Waals surface area contributed by atoms with Gasteiger partial charge in [-0.1, -0.05) is 0 Å². The third kappa shape index (κ3) is 1.98. The molecule has 15 heavy (non-hydrogen) atoms. The van der Waals surface area contributed by atoms with Crippen molar-refractivity contribution in [3.05, 3.63) is 22.4 Å². The van der Waals surface area contributed by atoms with Gasteiger partial charge in [0.15, 0.2) is 11.4 Å². The molecule has 0 saturated heterocycles. The first-order chi connectivity index (χ1) is 7.22. The van der Waals surface area contributed by atoms with Crippen molar-refractivity contribution in [1.82, 2.24) is 4.98 Å². The Bertz CT molecular complexity index is 390. The van der Waals surface area contributed by atoms with Crippen LogP contribution in [0.5, 0.6) is 5.75 Å². The molecule has 1 aliphatic carbocycles. The van der Waals surface area contributed by atoms with Gasteiger partial charge in [-0.05, 0) is 22.7 Å². The van der Waals surface area contributed by atoms with E-state index in [4.69, 9.17) is 4.74 Å². The molecule has 0 spiro atoms. The van der Waals surface area contributed by atoms with Gasteiger partial charge in [0.2, 0.25) is 0 Å². The number of ether oxygens (including phenoxy) is 1. The number of anilines is 1. The lowest BCUT2D eigenvalue weighted by molar-refractivity contribution is -0.388. The zero-order valence-corrected chi connectivity index (χ0v) is 8.27. The molecule has 1 aromatic rings. The van der Waals surface area contributed by atoms with Gasteiger partial charge >= 0.3 is 5.82 Å². The zero-order chi connectivity index (χ0) is 10.8. The second-order valence-corrected chi connectivity index (χ2v) is 3.33. The first kappa shape index (κ1) is 9.70. The highest BCUT2D eigenvalue weighted by molar-refractivity contribution is 5.66. The van der Waals surface area contributed by atoms with Crippen molar-refractivity contribution in [2.75, 3.05) is 12.4 Å². The van der Waals surface area contributed by atoms with E-state index in [2.05, 4.69) is 10.3 Å². The second-order valence-electron chi connectivity index (χ2n) is 3.33. The molecule has 6 heteroatoms. The Morgan fingerprint density at radius 3 is 2.93 bits per heavy atom. The number of pyridine rings is 1. The zero-order valence-electron chi connectivity index (χ0n) is 8.27. The summed E-state index contributed by atoms with van der Waals surface area (Å²) in [5.41, 5.74) is 0.342. The molecule has 1 saturated carbocycles. The van der Waals surface area contributed by atoms with Crippen molar-refractivity contribution in [2.45, 2.75) is 18.9 Å². The molecule has 0 unspecified atom stereocenters. The summed E-state index contributed by atoms with van der Waals surface area (Å²) in [4.78, 5) is 13.9. The standard InChI is InChI=1S/C9H11N3O3/c1-10-8-7(15-6-2-3-6)4-5-11-9(8)12(13)14/h4-6,10H,2-3H2,1H3. The lowest BCUT2D eigenvalue weighted by Gasteiger charge is -2.09. The van der Waals surface area contributed by atoms with Crippen LogP contribution in [0.3, 0.4) is 0 Å². The molecule has 0 radical (unpaired) electrons. The van der Waals surface area contributed by atoms with Gasteiger partial charge in [0.25, 0.3) is 0 Å². The molecule has 1 fully saturated rings. The van der Waals surface area contributed by atoms with E-state index < -0.39 is 4.92 Å². The van der Waals surface area contributed by atoms with E-state index in [-0.39, 0.29) is 11.9 Å². The number of nitrogens with zero attached hydrogens (tertiary/aromatic N) is 2. The normalized spacial score (nSPS) is 14.7. The Morgan fingerprint density at radius 2 is 2.40 bits per heavy atom. The number of hydrogen-bond acceptors (Lipinski definition) is 5. The van der Waals surface area contributed by atoms with Crippen molar-refractivity contribution in [3.63, 3.8) is 0 Å². The van der Waals surface area contributed by atoms with Gasteiger partial charge in [0.05, 0.1) is 6.10 Å². The predicted molar refractivity (Wildman–Crippen MR) is 54.1 cm³/mol. The Balaban J connectivity index is 2.34. The molecule has 1 N–H and O–H groups in total. The fraction of sp³-hybridized carbons (Fsp3) is 0.444. The molecule has 1 heterocycles. The van der Waals surface area contributed by atoms with Crippen LogP contribution in [0.15, 0.2) is 12.3 Å². The van der Waals surface area contributed by atoms with Gasteiger partial charge in [0, 0.05) is 13.1 Å². The van der Waals surface area contributed by atoms with Crippen LogP contribution in [0, 0.1) is 10.1 Å². The first-order valence-corrected chi connectivity index (χ1v) is 4.70. The maximum atomic E-state index is 10.7. The summed E-state index contributed by atoms with van der Waals surface area (Å²) in [6.45, 7) is 0. The molecular weight excluding hydrogens is 198 g/mol. The van der Waals surface area contributed by atoms with E-state index in [0.29, 0.717) is 11.4 Å². The smallest absolute Gasteiger partial charge is 0.390 e. The van der Waals surface area contributed by atoms with E-state index in [1.807, 2.05) is 0 Å². The molecule has 0 amide bonds. The van der Waals surface area contributed by atoms with Crippen molar-refractivity contribution in [2.24, 2.45) is 0 Å². The fourth-order valence-corrected chi connectivity index (χ4v) is 1.27. The van der Waals surface area contributed by atoms with Crippen LogP contribution in [-0.2, 0) is 0 Å². The van der Waals surface area contributed by atoms with Crippen LogP contribution < -0.4 is 10.1 Å². The molecular formula is C9H11N3O3. The third-order valence-electron chi connectivity index (χ3n) is 2.13. The molecule has 0 bridgehead atoms. The third-order valence-corrected chi connectivity index (χ3v) is 2.13. The number of aromatic nitrogens is 1. The largest absolute Gasteiger partial charge is 0.488 e. The summed E-state index contributed by atoms with van der Waals surface area (Å²) >= 11 is 0. The summed E-state index contributed by atoms with van der Waals surface area (Å²) in [5, 5.41) is 13.4. The molecule has 80 valence electrons. The molecule has 6 nitrogen and oxygen atoms in total. The van der Waals surface area contributed by atoms with Crippen LogP contribution in [-0.4, -0.2) is 23.1 Å². The SMILES string of the molecule is CNc1c(OC2CC2)ccnc1[N+](=O)[O-]. The van der Waals surface area contributed by atoms with Crippen molar-refractivity contribution < 1.29 is 9.66 Å². The average Bonchev–Trinajstić information content (AvgIpc) is 3.01. The highest BCUT2D eigenvalue weighted by Gasteiger charge is 2.27. The minimum atomic E-state index is -0.522. The highest BCUT2D eigenvalue weighted by atomic mass is 16.6. The van der Waals surface area contributed by atoms with Gasteiger partial charge < -0.3 is 20.2 Å². The molecule has 0 aromatic carbocycles. The van der Waals surface area contributed by atoms with Gasteiger partial charge in [-0.2, -0.15) is 0 Å². The van der Waals surface area contributed by atoms with Crippen LogP contribution in [0.2, 0.25) is 0 Å². The van der Waals surface area contributed by atoms with Crippen LogP contribution in [0.4, 0.5) is 11.5 Å². The van der Waals surface area contributed by atoms with E-state index in [0.717, 1.165) is 12.8 Å². The summed E-state index contributed by atoms with van der Waals surface area (Å²) in [6, 6.07) is 1.64. The van der Waals surface area contributed by atoms with E-state index in [9.17, 15) is 10.1 Å². The average molecular weight is 209 g/mol. The monoisotopic (exact) mass is 209 g/mol. The Kier molecular flexibility index (Phi) is 2.40. The number of hydrogen-bond donors (Lipinski definition) is 1. The molecule has 0 atom stereocenters. The van der Waals surface area contributed by atoms with Crippen LogP contribution in [0.25, 0.3) is 0 Å².